The molecule has 0 aliphatic carbocycles. The molecule has 0 radical (unpaired) electrons. The van der Waals surface area contributed by atoms with Gasteiger partial charge in [-0.05, 0) is 12.5 Å². The van der Waals surface area contributed by atoms with E-state index in [-0.39, 0.29) is 6.54 Å². The number of rotatable bonds is 4. The highest BCUT2D eigenvalue weighted by Crippen LogP contribution is 2.08. The minimum atomic E-state index is -1.73. The van der Waals surface area contributed by atoms with Crippen LogP contribution < -0.4 is 0 Å². The van der Waals surface area contributed by atoms with Gasteiger partial charge in [-0.3, -0.25) is 9.63 Å². The topological polar surface area (TPSA) is 98.5 Å². The maximum Gasteiger partial charge on any atom is 0.277 e. The Hall–Kier alpha value is -1.30. The quantitative estimate of drug-likeness (QED) is 0.292. The minimum absolute atomic E-state index is 0.323. The molecule has 0 bridgehead atoms. The van der Waals surface area contributed by atoms with Crippen LogP contribution in [0.3, 0.4) is 0 Å². The zero-order chi connectivity index (χ0) is 10.5. The molecule has 0 aromatic carbocycles. The fraction of sp³-hybridized carbons (Fsp3) is 0.833. The SMILES string of the molecule is CON(C)C(=O)C(C)(O)CN=[N+]=[N-]. The van der Waals surface area contributed by atoms with Crippen LogP contribution in [0.2, 0.25) is 0 Å². The van der Waals surface area contributed by atoms with Crippen LogP contribution in [0.4, 0.5) is 0 Å². The van der Waals surface area contributed by atoms with Crippen molar-refractivity contribution in [1.82, 2.24) is 5.06 Å². The fourth-order valence-corrected chi connectivity index (χ4v) is 0.659. The van der Waals surface area contributed by atoms with Crippen LogP contribution in [-0.4, -0.2) is 42.4 Å². The molecule has 0 fully saturated rings. The van der Waals surface area contributed by atoms with Gasteiger partial charge in [-0.25, -0.2) is 5.06 Å². The van der Waals surface area contributed by atoms with Crippen molar-refractivity contribution >= 4 is 5.91 Å². The molecule has 7 nitrogen and oxygen atoms in total. The molecule has 0 rings (SSSR count). The fourth-order valence-electron chi connectivity index (χ4n) is 0.659. The molecule has 1 N–H and O–H groups in total. The Balaban J connectivity index is 4.43. The average molecular weight is 188 g/mol. The van der Waals surface area contributed by atoms with Crippen LogP contribution in [0.25, 0.3) is 10.4 Å². The lowest BCUT2D eigenvalue weighted by atomic mass is 10.1. The molecular formula is C6H12N4O3. The summed E-state index contributed by atoms with van der Waals surface area (Å²) in [4.78, 5) is 18.3. The zero-order valence-corrected chi connectivity index (χ0v) is 7.76. The maximum atomic E-state index is 11.3. The third-order valence-corrected chi connectivity index (χ3v) is 1.46. The monoisotopic (exact) mass is 188 g/mol. The number of hydrogen-bond donors (Lipinski definition) is 1. The molecule has 0 aliphatic rings. The molecule has 1 atom stereocenters. The lowest BCUT2D eigenvalue weighted by Gasteiger charge is -2.24. The van der Waals surface area contributed by atoms with E-state index in [9.17, 15) is 9.90 Å². The number of carbonyl (C=O) groups excluding carboxylic acids is 1. The van der Waals surface area contributed by atoms with E-state index in [0.29, 0.717) is 0 Å². The van der Waals surface area contributed by atoms with E-state index in [1.807, 2.05) is 0 Å². The van der Waals surface area contributed by atoms with E-state index in [1.165, 1.54) is 21.1 Å². The first-order valence-electron chi connectivity index (χ1n) is 3.51. The Morgan fingerprint density at radius 1 is 1.85 bits per heavy atom. The van der Waals surface area contributed by atoms with Crippen molar-refractivity contribution in [3.63, 3.8) is 0 Å². The first-order valence-corrected chi connectivity index (χ1v) is 3.51. The zero-order valence-electron chi connectivity index (χ0n) is 7.76. The van der Waals surface area contributed by atoms with Gasteiger partial charge in [0.25, 0.3) is 5.91 Å². The van der Waals surface area contributed by atoms with Crippen molar-refractivity contribution in [1.29, 1.82) is 0 Å². The van der Waals surface area contributed by atoms with Gasteiger partial charge in [0.05, 0.1) is 13.7 Å². The van der Waals surface area contributed by atoms with Crippen LogP contribution in [0.15, 0.2) is 5.11 Å². The third kappa shape index (κ3) is 3.29. The molecule has 1 unspecified atom stereocenters. The van der Waals surface area contributed by atoms with Crippen molar-refractivity contribution in [2.24, 2.45) is 5.11 Å². The number of hydroxylamine groups is 2. The second-order valence-corrected chi connectivity index (χ2v) is 2.65. The molecule has 0 aliphatic heterocycles. The lowest BCUT2D eigenvalue weighted by Crippen LogP contribution is -2.47. The lowest BCUT2D eigenvalue weighted by molar-refractivity contribution is -0.186. The van der Waals surface area contributed by atoms with Gasteiger partial charge in [-0.2, -0.15) is 0 Å². The van der Waals surface area contributed by atoms with Gasteiger partial charge >= 0.3 is 0 Å². The van der Waals surface area contributed by atoms with Gasteiger partial charge in [-0.15, -0.1) is 0 Å². The first-order chi connectivity index (χ1) is 5.95. The Morgan fingerprint density at radius 2 is 2.38 bits per heavy atom. The van der Waals surface area contributed by atoms with E-state index in [4.69, 9.17) is 5.53 Å². The molecule has 0 saturated heterocycles. The number of carbonyl (C=O) groups is 1. The summed E-state index contributed by atoms with van der Waals surface area (Å²) < 4.78 is 0. The molecule has 0 heterocycles. The normalized spacial score (nSPS) is 14.2. The Morgan fingerprint density at radius 3 is 2.77 bits per heavy atom. The number of hydrogen-bond acceptors (Lipinski definition) is 4. The molecule has 0 spiro atoms. The first kappa shape index (κ1) is 11.7. The third-order valence-electron chi connectivity index (χ3n) is 1.46. The molecular weight excluding hydrogens is 176 g/mol. The van der Waals surface area contributed by atoms with Gasteiger partial charge in [-0.1, -0.05) is 5.11 Å². The number of amides is 1. The highest BCUT2D eigenvalue weighted by molar-refractivity contribution is 5.83. The van der Waals surface area contributed by atoms with Crippen LogP contribution in [0.1, 0.15) is 6.92 Å². The molecule has 0 aromatic rings. The smallest absolute Gasteiger partial charge is 0.277 e. The second-order valence-electron chi connectivity index (χ2n) is 2.65. The van der Waals surface area contributed by atoms with Crippen LogP contribution in [0.5, 0.6) is 0 Å². The summed E-state index contributed by atoms with van der Waals surface area (Å²) in [6.07, 6.45) is 0. The predicted molar refractivity (Wildman–Crippen MR) is 44.4 cm³/mol. The summed E-state index contributed by atoms with van der Waals surface area (Å²) in [5, 5.41) is 13.5. The van der Waals surface area contributed by atoms with Crippen molar-refractivity contribution in [3.8, 4) is 0 Å². The number of likely N-dealkylation sites (N-methyl/N-ethyl adjacent to an activating group) is 1. The predicted octanol–water partition coefficient (Wildman–Crippen LogP) is 0.0675. The maximum absolute atomic E-state index is 11.3. The van der Waals surface area contributed by atoms with Crippen molar-refractivity contribution in [2.75, 3.05) is 20.7 Å². The number of azide groups is 1. The van der Waals surface area contributed by atoms with E-state index in [0.717, 1.165) is 5.06 Å². The Bertz CT molecular complexity index is 234. The summed E-state index contributed by atoms with van der Waals surface area (Å²) in [6.45, 7) is 0.926. The standard InChI is InChI=1S/C6H12N4O3/c1-6(12,4-8-9-7)5(11)10(2)13-3/h12H,4H2,1-3H3. The van der Waals surface area contributed by atoms with Gasteiger partial charge in [0.15, 0.2) is 0 Å². The summed E-state index contributed by atoms with van der Waals surface area (Å²) in [6, 6.07) is 0. The van der Waals surface area contributed by atoms with Crippen molar-refractivity contribution in [2.45, 2.75) is 12.5 Å². The van der Waals surface area contributed by atoms with Crippen LogP contribution in [0, 0.1) is 0 Å². The van der Waals surface area contributed by atoms with Crippen LogP contribution in [-0.2, 0) is 9.63 Å². The molecule has 7 heteroatoms. The molecule has 1 amide bonds. The van der Waals surface area contributed by atoms with E-state index in [2.05, 4.69) is 14.9 Å². The molecule has 13 heavy (non-hydrogen) atoms. The summed E-state index contributed by atoms with van der Waals surface area (Å²) in [7, 11) is 2.65. The highest BCUT2D eigenvalue weighted by Gasteiger charge is 2.32. The summed E-state index contributed by atoms with van der Waals surface area (Å²) >= 11 is 0. The largest absolute Gasteiger partial charge is 0.380 e. The van der Waals surface area contributed by atoms with Crippen molar-refractivity contribution < 1.29 is 14.7 Å². The van der Waals surface area contributed by atoms with Gasteiger partial charge in [0.1, 0.15) is 5.60 Å². The van der Waals surface area contributed by atoms with E-state index >= 15 is 0 Å². The van der Waals surface area contributed by atoms with E-state index < -0.39 is 11.5 Å². The molecule has 0 saturated carbocycles. The summed E-state index contributed by atoms with van der Waals surface area (Å²) in [5.74, 6) is -0.664. The molecule has 74 valence electrons. The molecule has 0 aromatic heterocycles. The number of aliphatic hydroxyl groups is 1. The highest BCUT2D eigenvalue weighted by atomic mass is 16.7. The van der Waals surface area contributed by atoms with Gasteiger partial charge in [0, 0.05) is 12.0 Å². The Kier molecular flexibility index (Phi) is 4.19. The van der Waals surface area contributed by atoms with Gasteiger partial charge < -0.3 is 5.11 Å². The van der Waals surface area contributed by atoms with Crippen LogP contribution >= 0.6 is 0 Å². The van der Waals surface area contributed by atoms with E-state index in [1.54, 1.807) is 0 Å². The van der Waals surface area contributed by atoms with Gasteiger partial charge in [0.2, 0.25) is 0 Å². The van der Waals surface area contributed by atoms with Crippen molar-refractivity contribution in [3.05, 3.63) is 10.4 Å². The Labute approximate surface area is 75.5 Å². The summed E-state index contributed by atoms with van der Waals surface area (Å²) in [5.41, 5.74) is 6.27. The number of nitrogens with zero attached hydrogens (tertiary/aromatic N) is 4. The second kappa shape index (κ2) is 4.66. The minimum Gasteiger partial charge on any atom is -0.380 e. The average Bonchev–Trinajstić information content (AvgIpc) is 2.12.